The van der Waals surface area contributed by atoms with E-state index in [2.05, 4.69) is 22.4 Å². The highest BCUT2D eigenvalue weighted by atomic mass is 16.5. The highest BCUT2D eigenvalue weighted by Crippen LogP contribution is 2.26. The molecule has 1 saturated carbocycles. The van der Waals surface area contributed by atoms with Crippen molar-refractivity contribution in [3.05, 3.63) is 11.4 Å². The van der Waals surface area contributed by atoms with Crippen LogP contribution < -0.4 is 5.32 Å². The molecular weight excluding hydrogens is 242 g/mol. The molecule has 2 atom stereocenters. The van der Waals surface area contributed by atoms with Gasteiger partial charge in [-0.2, -0.15) is 5.10 Å². The number of hydrogen-bond acceptors (Lipinski definition) is 3. The predicted molar refractivity (Wildman–Crippen MR) is 74.1 cm³/mol. The third kappa shape index (κ3) is 3.56. The first-order valence-corrected chi connectivity index (χ1v) is 7.01. The quantitative estimate of drug-likeness (QED) is 0.879. The Labute approximate surface area is 114 Å². The van der Waals surface area contributed by atoms with Gasteiger partial charge in [-0.05, 0) is 32.6 Å². The Morgan fingerprint density at radius 1 is 1.42 bits per heavy atom. The van der Waals surface area contributed by atoms with Crippen LogP contribution in [0.1, 0.15) is 44.0 Å². The van der Waals surface area contributed by atoms with Crippen molar-refractivity contribution in [2.45, 2.75) is 52.6 Å². The van der Waals surface area contributed by atoms with Crippen molar-refractivity contribution in [2.24, 2.45) is 5.92 Å². The third-order valence-corrected chi connectivity index (χ3v) is 3.85. The van der Waals surface area contributed by atoms with Gasteiger partial charge in [0.15, 0.2) is 0 Å². The van der Waals surface area contributed by atoms with Crippen molar-refractivity contribution in [3.63, 3.8) is 0 Å². The average Bonchev–Trinajstić information content (AvgIpc) is 2.70. The fourth-order valence-electron chi connectivity index (χ4n) is 2.62. The second-order valence-electron chi connectivity index (χ2n) is 5.47. The SMILES string of the molecule is Cc1n[nH]c(C)c1NC(=O)CO[C@@H]1CCCC[C@@H]1C. The van der Waals surface area contributed by atoms with Crippen LogP contribution in [0.5, 0.6) is 0 Å². The summed E-state index contributed by atoms with van der Waals surface area (Å²) in [5.74, 6) is 0.448. The number of aromatic nitrogens is 2. The Hall–Kier alpha value is -1.36. The van der Waals surface area contributed by atoms with Gasteiger partial charge in [-0.15, -0.1) is 0 Å². The first-order valence-electron chi connectivity index (χ1n) is 7.01. The zero-order valence-corrected chi connectivity index (χ0v) is 12.0. The Morgan fingerprint density at radius 3 is 2.79 bits per heavy atom. The van der Waals surface area contributed by atoms with Gasteiger partial charge < -0.3 is 10.1 Å². The number of carbonyl (C=O) groups excluding carboxylic acids is 1. The van der Waals surface area contributed by atoms with Crippen LogP contribution in [-0.4, -0.2) is 28.8 Å². The molecule has 0 spiro atoms. The summed E-state index contributed by atoms with van der Waals surface area (Å²) in [6.45, 7) is 6.08. The Kier molecular flexibility index (Phi) is 4.58. The minimum absolute atomic E-state index is 0.106. The zero-order valence-electron chi connectivity index (χ0n) is 12.0. The molecular formula is C14H23N3O2. The van der Waals surface area contributed by atoms with Gasteiger partial charge in [0, 0.05) is 0 Å². The molecule has 5 heteroatoms. The molecule has 19 heavy (non-hydrogen) atoms. The topological polar surface area (TPSA) is 67.0 Å². The Balaban J connectivity index is 1.81. The highest BCUT2D eigenvalue weighted by Gasteiger charge is 2.22. The number of hydrogen-bond donors (Lipinski definition) is 2. The van der Waals surface area contributed by atoms with Crippen LogP contribution >= 0.6 is 0 Å². The van der Waals surface area contributed by atoms with Gasteiger partial charge in [0.05, 0.1) is 23.2 Å². The Morgan fingerprint density at radius 2 is 2.16 bits per heavy atom. The number of amides is 1. The van der Waals surface area contributed by atoms with Crippen molar-refractivity contribution >= 4 is 11.6 Å². The summed E-state index contributed by atoms with van der Waals surface area (Å²) in [6.07, 6.45) is 4.98. The fraction of sp³-hybridized carbons (Fsp3) is 0.714. The minimum Gasteiger partial charge on any atom is -0.368 e. The van der Waals surface area contributed by atoms with Crippen molar-refractivity contribution < 1.29 is 9.53 Å². The second kappa shape index (κ2) is 6.19. The maximum Gasteiger partial charge on any atom is 0.250 e. The lowest BCUT2D eigenvalue weighted by molar-refractivity contribution is -0.124. The van der Waals surface area contributed by atoms with E-state index in [0.29, 0.717) is 5.92 Å². The predicted octanol–water partition coefficient (Wildman–Crippen LogP) is 2.56. The molecule has 2 N–H and O–H groups in total. The van der Waals surface area contributed by atoms with E-state index in [4.69, 9.17) is 4.74 Å². The largest absolute Gasteiger partial charge is 0.368 e. The lowest BCUT2D eigenvalue weighted by atomic mass is 9.88. The number of aromatic amines is 1. The summed E-state index contributed by atoms with van der Waals surface area (Å²) in [5, 5.41) is 9.76. The molecule has 1 aliphatic rings. The van der Waals surface area contributed by atoms with Crippen molar-refractivity contribution in [2.75, 3.05) is 11.9 Å². The van der Waals surface area contributed by atoms with E-state index < -0.39 is 0 Å². The van der Waals surface area contributed by atoms with Crippen molar-refractivity contribution in [3.8, 4) is 0 Å². The summed E-state index contributed by atoms with van der Waals surface area (Å²) >= 11 is 0. The highest BCUT2D eigenvalue weighted by molar-refractivity contribution is 5.92. The van der Waals surface area contributed by atoms with Gasteiger partial charge in [0.2, 0.25) is 5.91 Å². The van der Waals surface area contributed by atoms with E-state index in [-0.39, 0.29) is 18.6 Å². The van der Waals surface area contributed by atoms with Gasteiger partial charge in [-0.1, -0.05) is 19.8 Å². The van der Waals surface area contributed by atoms with Gasteiger partial charge >= 0.3 is 0 Å². The van der Waals surface area contributed by atoms with Crippen LogP contribution in [-0.2, 0) is 9.53 Å². The molecule has 1 fully saturated rings. The second-order valence-corrected chi connectivity index (χ2v) is 5.47. The molecule has 1 aromatic heterocycles. The van der Waals surface area contributed by atoms with Crippen molar-refractivity contribution in [1.29, 1.82) is 0 Å². The zero-order chi connectivity index (χ0) is 13.8. The molecule has 5 nitrogen and oxygen atoms in total. The van der Waals surface area contributed by atoms with E-state index >= 15 is 0 Å². The fourth-order valence-corrected chi connectivity index (χ4v) is 2.62. The average molecular weight is 265 g/mol. The molecule has 0 saturated heterocycles. The third-order valence-electron chi connectivity index (χ3n) is 3.85. The van der Waals surface area contributed by atoms with Crippen LogP contribution in [0.15, 0.2) is 0 Å². The number of anilines is 1. The molecule has 2 rings (SSSR count). The Bertz CT molecular complexity index is 422. The standard InChI is InChI=1S/C14H23N3O2/c1-9-6-4-5-7-12(9)19-8-13(18)15-14-10(2)16-17-11(14)3/h9,12H,4-8H2,1-3H3,(H,15,18)(H,16,17)/t9-,12+/m0/s1. The first kappa shape index (κ1) is 14.1. The van der Waals surface area contributed by atoms with Crippen LogP contribution in [0.4, 0.5) is 5.69 Å². The van der Waals surface area contributed by atoms with Crippen LogP contribution in [0, 0.1) is 19.8 Å². The lowest BCUT2D eigenvalue weighted by Gasteiger charge is -2.28. The van der Waals surface area contributed by atoms with Gasteiger partial charge in [-0.3, -0.25) is 9.89 Å². The summed E-state index contributed by atoms with van der Waals surface area (Å²) in [4.78, 5) is 11.9. The molecule has 106 valence electrons. The molecule has 1 aromatic rings. The van der Waals surface area contributed by atoms with Gasteiger partial charge in [0.25, 0.3) is 0 Å². The smallest absolute Gasteiger partial charge is 0.250 e. The van der Waals surface area contributed by atoms with Crippen molar-refractivity contribution in [1.82, 2.24) is 10.2 Å². The molecule has 1 aliphatic carbocycles. The molecule has 0 radical (unpaired) electrons. The van der Waals surface area contributed by atoms with E-state index in [1.54, 1.807) is 0 Å². The lowest BCUT2D eigenvalue weighted by Crippen LogP contribution is -2.30. The van der Waals surface area contributed by atoms with Crippen LogP contribution in [0.25, 0.3) is 0 Å². The number of H-pyrrole nitrogens is 1. The first-order chi connectivity index (χ1) is 9.08. The monoisotopic (exact) mass is 265 g/mol. The van der Waals surface area contributed by atoms with Crippen LogP contribution in [0.3, 0.4) is 0 Å². The number of nitrogens with zero attached hydrogens (tertiary/aromatic N) is 1. The molecule has 0 unspecified atom stereocenters. The molecule has 0 bridgehead atoms. The maximum atomic E-state index is 11.9. The normalized spacial score (nSPS) is 23.3. The number of carbonyl (C=O) groups is 1. The van der Waals surface area contributed by atoms with Gasteiger partial charge in [-0.25, -0.2) is 0 Å². The molecule has 1 amide bonds. The number of ether oxygens (including phenoxy) is 1. The van der Waals surface area contributed by atoms with E-state index in [0.717, 1.165) is 23.5 Å². The van der Waals surface area contributed by atoms with E-state index in [9.17, 15) is 4.79 Å². The van der Waals surface area contributed by atoms with Gasteiger partial charge in [0.1, 0.15) is 6.61 Å². The van der Waals surface area contributed by atoms with E-state index in [1.165, 1.54) is 19.3 Å². The number of aryl methyl sites for hydroxylation is 2. The van der Waals surface area contributed by atoms with E-state index in [1.807, 2.05) is 13.8 Å². The maximum absolute atomic E-state index is 11.9. The summed E-state index contributed by atoms with van der Waals surface area (Å²) in [5.41, 5.74) is 2.44. The molecule has 0 aliphatic heterocycles. The summed E-state index contributed by atoms with van der Waals surface area (Å²) in [6, 6.07) is 0. The number of rotatable bonds is 4. The summed E-state index contributed by atoms with van der Waals surface area (Å²) in [7, 11) is 0. The molecule has 1 heterocycles. The summed E-state index contributed by atoms with van der Waals surface area (Å²) < 4.78 is 5.74. The van der Waals surface area contributed by atoms with Crippen LogP contribution in [0.2, 0.25) is 0 Å². The molecule has 0 aromatic carbocycles. The number of nitrogens with one attached hydrogen (secondary N) is 2. The minimum atomic E-state index is -0.106.